The fraction of sp³-hybridized carbons (Fsp3) is 0.842. The normalized spacial score (nSPS) is 19.8. The number of hydrogen-bond donors (Lipinski definition) is 2. The van der Waals surface area contributed by atoms with Crippen LogP contribution in [0.5, 0.6) is 0 Å². The molecule has 0 bridgehead atoms. The average Bonchev–Trinajstić information content (AvgIpc) is 3.13. The van der Waals surface area contributed by atoms with E-state index >= 15 is 0 Å². The van der Waals surface area contributed by atoms with Crippen LogP contribution in [0.3, 0.4) is 0 Å². The highest BCUT2D eigenvalue weighted by Crippen LogP contribution is 2.13. The van der Waals surface area contributed by atoms with Crippen LogP contribution in [0.1, 0.15) is 52.4 Å². The van der Waals surface area contributed by atoms with E-state index in [0.717, 1.165) is 32.8 Å². The van der Waals surface area contributed by atoms with Gasteiger partial charge in [0.05, 0.1) is 12.7 Å². The first kappa shape index (κ1) is 22.6. The van der Waals surface area contributed by atoms with Gasteiger partial charge in [0, 0.05) is 39.3 Å². The molecule has 0 aliphatic carbocycles. The first-order valence-corrected chi connectivity index (χ1v) is 10.3. The number of morpholine rings is 1. The Morgan fingerprint density at radius 3 is 2.86 bits per heavy atom. The second kappa shape index (κ2) is 12.0. The van der Waals surface area contributed by atoms with E-state index in [2.05, 4.69) is 44.5 Å². The minimum absolute atomic E-state index is 0.151. The average molecular weight is 397 g/mol. The Morgan fingerprint density at radius 2 is 2.14 bits per heavy atom. The van der Waals surface area contributed by atoms with Gasteiger partial charge in [-0.1, -0.05) is 19.0 Å². The van der Waals surface area contributed by atoms with Crippen LogP contribution in [0.25, 0.3) is 0 Å². The van der Waals surface area contributed by atoms with Crippen LogP contribution in [0.4, 0.5) is 0 Å². The summed E-state index contributed by atoms with van der Waals surface area (Å²) < 4.78 is 16.6. The van der Waals surface area contributed by atoms with E-state index in [1.807, 2.05) is 20.8 Å². The Labute approximate surface area is 168 Å². The zero-order chi connectivity index (χ0) is 20.4. The molecular weight excluding hydrogens is 360 g/mol. The maximum absolute atomic E-state index is 5.89. The molecule has 28 heavy (non-hydrogen) atoms. The molecule has 2 atom stereocenters. The van der Waals surface area contributed by atoms with E-state index in [1.54, 1.807) is 0 Å². The SMILES string of the molecule is CCNC(=NCc1nc(C(C)OCC)no1)NCC1CN(CC(C)C)CCO1. The van der Waals surface area contributed by atoms with Crippen LogP contribution in [-0.2, 0) is 16.0 Å². The third-order valence-electron chi connectivity index (χ3n) is 4.32. The Bertz CT molecular complexity index is 592. The van der Waals surface area contributed by atoms with Crippen LogP contribution in [0.15, 0.2) is 9.52 Å². The number of guanidine groups is 1. The highest BCUT2D eigenvalue weighted by Gasteiger charge is 2.21. The van der Waals surface area contributed by atoms with Gasteiger partial charge in [0.2, 0.25) is 5.89 Å². The van der Waals surface area contributed by atoms with Crippen LogP contribution in [-0.4, -0.2) is 73.0 Å². The van der Waals surface area contributed by atoms with Crippen LogP contribution in [0, 0.1) is 5.92 Å². The molecule has 1 fully saturated rings. The molecule has 2 heterocycles. The predicted molar refractivity (Wildman–Crippen MR) is 108 cm³/mol. The molecular formula is C19H36N6O3. The molecule has 0 aromatic carbocycles. The van der Waals surface area contributed by atoms with Crippen molar-refractivity contribution in [2.24, 2.45) is 10.9 Å². The van der Waals surface area contributed by atoms with E-state index in [0.29, 0.717) is 43.3 Å². The molecule has 2 rings (SSSR count). The fourth-order valence-corrected chi connectivity index (χ4v) is 3.11. The molecule has 2 N–H and O–H groups in total. The molecule has 0 spiro atoms. The monoisotopic (exact) mass is 396 g/mol. The predicted octanol–water partition coefficient (Wildman–Crippen LogP) is 1.58. The van der Waals surface area contributed by atoms with E-state index in [-0.39, 0.29) is 12.2 Å². The zero-order valence-electron chi connectivity index (χ0n) is 17.9. The number of aromatic nitrogens is 2. The third kappa shape index (κ3) is 7.73. The number of hydrogen-bond acceptors (Lipinski definition) is 7. The number of ether oxygens (including phenoxy) is 2. The lowest BCUT2D eigenvalue weighted by Crippen LogP contribution is -2.50. The molecule has 1 aliphatic rings. The Kier molecular flexibility index (Phi) is 9.66. The number of aliphatic imine (C=N–C) groups is 1. The minimum atomic E-state index is -0.185. The summed E-state index contributed by atoms with van der Waals surface area (Å²) in [5.41, 5.74) is 0. The first-order valence-electron chi connectivity index (χ1n) is 10.3. The standard InChI is InChI=1S/C19H36N6O3/c1-6-20-19(21-10-16-13-25(8-9-27-16)12-14(3)4)22-11-17-23-18(24-28-17)15(5)26-7-2/h14-16H,6-13H2,1-5H3,(H2,20,21,22). The summed E-state index contributed by atoms with van der Waals surface area (Å²) in [6.45, 7) is 16.6. The van der Waals surface area contributed by atoms with Gasteiger partial charge < -0.3 is 24.6 Å². The summed E-state index contributed by atoms with van der Waals surface area (Å²) in [6, 6.07) is 0. The van der Waals surface area contributed by atoms with E-state index < -0.39 is 0 Å². The van der Waals surface area contributed by atoms with Gasteiger partial charge >= 0.3 is 0 Å². The van der Waals surface area contributed by atoms with Gasteiger partial charge in [0.25, 0.3) is 0 Å². The van der Waals surface area contributed by atoms with Crippen LogP contribution >= 0.6 is 0 Å². The largest absolute Gasteiger partial charge is 0.374 e. The smallest absolute Gasteiger partial charge is 0.248 e. The fourth-order valence-electron chi connectivity index (χ4n) is 3.11. The molecule has 0 radical (unpaired) electrons. The molecule has 9 nitrogen and oxygen atoms in total. The number of nitrogens with zero attached hydrogens (tertiary/aromatic N) is 4. The van der Waals surface area contributed by atoms with Gasteiger partial charge in [0.15, 0.2) is 11.8 Å². The summed E-state index contributed by atoms with van der Waals surface area (Å²) in [7, 11) is 0. The molecule has 9 heteroatoms. The lowest BCUT2D eigenvalue weighted by atomic mass is 10.2. The lowest BCUT2D eigenvalue weighted by Gasteiger charge is -2.34. The van der Waals surface area contributed by atoms with Crippen molar-refractivity contribution >= 4 is 5.96 Å². The summed E-state index contributed by atoms with van der Waals surface area (Å²) >= 11 is 0. The van der Waals surface area contributed by atoms with Gasteiger partial charge in [-0.2, -0.15) is 4.98 Å². The van der Waals surface area contributed by atoms with Crippen molar-refractivity contribution in [3.8, 4) is 0 Å². The maximum Gasteiger partial charge on any atom is 0.248 e. The van der Waals surface area contributed by atoms with E-state index in [1.165, 1.54) is 0 Å². The van der Waals surface area contributed by atoms with Gasteiger partial charge in [-0.25, -0.2) is 4.99 Å². The summed E-state index contributed by atoms with van der Waals surface area (Å²) in [5, 5.41) is 10.6. The number of rotatable bonds is 10. The van der Waals surface area contributed by atoms with Gasteiger partial charge in [-0.15, -0.1) is 0 Å². The van der Waals surface area contributed by atoms with Crippen LogP contribution < -0.4 is 10.6 Å². The molecule has 1 aromatic rings. The Hall–Kier alpha value is -1.71. The van der Waals surface area contributed by atoms with Crippen molar-refractivity contribution < 1.29 is 14.0 Å². The molecule has 160 valence electrons. The van der Waals surface area contributed by atoms with Crippen molar-refractivity contribution in [3.05, 3.63) is 11.7 Å². The zero-order valence-corrected chi connectivity index (χ0v) is 17.9. The minimum Gasteiger partial charge on any atom is -0.374 e. The van der Waals surface area contributed by atoms with Gasteiger partial charge in [0.1, 0.15) is 12.6 Å². The molecule has 1 saturated heterocycles. The summed E-state index contributed by atoms with van der Waals surface area (Å²) in [4.78, 5) is 11.4. The first-order chi connectivity index (χ1) is 13.5. The van der Waals surface area contributed by atoms with Gasteiger partial charge in [-0.05, 0) is 26.7 Å². The lowest BCUT2D eigenvalue weighted by molar-refractivity contribution is -0.0284. The molecule has 1 aromatic heterocycles. The summed E-state index contributed by atoms with van der Waals surface area (Å²) in [6.07, 6.45) is -0.0338. The van der Waals surface area contributed by atoms with Crippen molar-refractivity contribution in [2.45, 2.75) is 53.4 Å². The van der Waals surface area contributed by atoms with Crippen molar-refractivity contribution in [1.29, 1.82) is 0 Å². The van der Waals surface area contributed by atoms with Crippen molar-refractivity contribution in [2.75, 3.05) is 45.9 Å². The molecule has 2 unspecified atom stereocenters. The van der Waals surface area contributed by atoms with Crippen LogP contribution in [0.2, 0.25) is 0 Å². The van der Waals surface area contributed by atoms with E-state index in [9.17, 15) is 0 Å². The third-order valence-corrected chi connectivity index (χ3v) is 4.32. The Balaban J connectivity index is 1.85. The second-order valence-corrected chi connectivity index (χ2v) is 7.37. The highest BCUT2D eigenvalue weighted by atomic mass is 16.5. The highest BCUT2D eigenvalue weighted by molar-refractivity contribution is 5.79. The topological polar surface area (TPSA) is 97.0 Å². The molecule has 1 aliphatic heterocycles. The summed E-state index contributed by atoms with van der Waals surface area (Å²) in [5.74, 6) is 2.39. The Morgan fingerprint density at radius 1 is 1.32 bits per heavy atom. The van der Waals surface area contributed by atoms with E-state index in [4.69, 9.17) is 14.0 Å². The van der Waals surface area contributed by atoms with Crippen molar-refractivity contribution in [3.63, 3.8) is 0 Å². The number of nitrogens with one attached hydrogen (secondary N) is 2. The quantitative estimate of drug-likeness (QED) is 0.454. The molecule has 0 saturated carbocycles. The maximum atomic E-state index is 5.89. The second-order valence-electron chi connectivity index (χ2n) is 7.37. The van der Waals surface area contributed by atoms with Crippen molar-refractivity contribution in [1.82, 2.24) is 25.7 Å². The van der Waals surface area contributed by atoms with Gasteiger partial charge in [-0.3, -0.25) is 4.90 Å². The molecule has 0 amide bonds.